The van der Waals surface area contributed by atoms with E-state index in [1.54, 1.807) is 18.5 Å². The Kier molecular flexibility index (Phi) is 6.29. The van der Waals surface area contributed by atoms with Gasteiger partial charge in [0.1, 0.15) is 0 Å². The second-order valence-corrected chi connectivity index (χ2v) is 9.77. The first-order valence-electron chi connectivity index (χ1n) is 10.4. The topological polar surface area (TPSA) is 86.7 Å². The zero-order chi connectivity index (χ0) is 21.0. The summed E-state index contributed by atoms with van der Waals surface area (Å²) in [5.74, 6) is 0.442. The number of carbonyl (C=O) groups is 1. The first-order valence-corrected chi connectivity index (χ1v) is 12.0. The summed E-state index contributed by atoms with van der Waals surface area (Å²) in [6.07, 6.45) is 4.87. The zero-order valence-corrected chi connectivity index (χ0v) is 17.7. The average molecular weight is 430 g/mol. The molecule has 1 aromatic heterocycles. The number of benzene rings is 1. The molecule has 0 bridgehead atoms. The third-order valence-corrected chi connectivity index (χ3v) is 7.56. The van der Waals surface area contributed by atoms with Gasteiger partial charge in [-0.25, -0.2) is 22.7 Å². The van der Waals surface area contributed by atoms with Gasteiger partial charge >= 0.3 is 0 Å². The molecule has 1 amide bonds. The summed E-state index contributed by atoms with van der Waals surface area (Å²) >= 11 is 0. The summed E-state index contributed by atoms with van der Waals surface area (Å²) in [5, 5.41) is 0. The summed E-state index contributed by atoms with van der Waals surface area (Å²) in [7, 11) is -3.44. The quantitative estimate of drug-likeness (QED) is 0.714. The Hall–Kier alpha value is -2.52. The van der Waals surface area contributed by atoms with E-state index in [-0.39, 0.29) is 24.1 Å². The molecule has 2 aliphatic rings. The van der Waals surface area contributed by atoms with Crippen molar-refractivity contribution < 1.29 is 13.2 Å². The average Bonchev–Trinajstić information content (AvgIpc) is 2.80. The normalized spacial score (nSPS) is 20.9. The molecular weight excluding hydrogens is 402 g/mol. The molecule has 1 aromatic carbocycles. The molecule has 0 N–H and O–H groups in total. The lowest BCUT2D eigenvalue weighted by atomic mass is 9.98. The van der Waals surface area contributed by atoms with Gasteiger partial charge in [0.15, 0.2) is 0 Å². The SMILES string of the molecule is O=C([C@H]1CCCN(S(=O)(=O)Cc2ccccc2)C1)N1CCN(c2ncccn2)CC1. The van der Waals surface area contributed by atoms with Crippen molar-refractivity contribution in [3.8, 4) is 0 Å². The number of carbonyl (C=O) groups excluding carboxylic acids is 1. The van der Waals surface area contributed by atoms with E-state index in [4.69, 9.17) is 0 Å². The molecule has 0 aliphatic carbocycles. The van der Waals surface area contributed by atoms with Crippen LogP contribution in [0.4, 0.5) is 5.95 Å². The van der Waals surface area contributed by atoms with Gasteiger partial charge in [-0.15, -0.1) is 0 Å². The van der Waals surface area contributed by atoms with E-state index in [9.17, 15) is 13.2 Å². The Morgan fingerprint density at radius 2 is 1.67 bits per heavy atom. The monoisotopic (exact) mass is 429 g/mol. The standard InChI is InChI=1S/C21H27N5O3S/c27-20(24-12-14-25(15-13-24)21-22-9-5-10-23-21)19-8-4-11-26(16-19)30(28,29)17-18-6-2-1-3-7-18/h1-3,5-7,9-10,19H,4,8,11-17H2/t19-/m0/s1. The highest BCUT2D eigenvalue weighted by atomic mass is 32.2. The number of piperidine rings is 1. The van der Waals surface area contributed by atoms with Crippen LogP contribution in [-0.2, 0) is 20.6 Å². The summed E-state index contributed by atoms with van der Waals surface area (Å²) < 4.78 is 27.3. The Bertz CT molecular complexity index is 947. The van der Waals surface area contributed by atoms with E-state index >= 15 is 0 Å². The van der Waals surface area contributed by atoms with Crippen molar-refractivity contribution >= 4 is 21.9 Å². The number of piperazine rings is 1. The van der Waals surface area contributed by atoms with Crippen LogP contribution in [0, 0.1) is 5.92 Å². The minimum atomic E-state index is -3.44. The number of amides is 1. The summed E-state index contributed by atoms with van der Waals surface area (Å²) in [5.41, 5.74) is 0.769. The van der Waals surface area contributed by atoms with Gasteiger partial charge in [0.25, 0.3) is 0 Å². The molecule has 3 heterocycles. The molecule has 9 heteroatoms. The third kappa shape index (κ3) is 4.79. The van der Waals surface area contributed by atoms with E-state index in [1.807, 2.05) is 35.2 Å². The molecule has 30 heavy (non-hydrogen) atoms. The fourth-order valence-electron chi connectivity index (χ4n) is 4.11. The summed E-state index contributed by atoms with van der Waals surface area (Å²) in [4.78, 5) is 25.6. The zero-order valence-electron chi connectivity index (χ0n) is 16.9. The van der Waals surface area contributed by atoms with Crippen molar-refractivity contribution in [3.05, 3.63) is 54.4 Å². The van der Waals surface area contributed by atoms with Crippen molar-refractivity contribution in [2.24, 2.45) is 5.92 Å². The van der Waals surface area contributed by atoms with Crippen LogP contribution in [0.25, 0.3) is 0 Å². The molecule has 0 spiro atoms. The van der Waals surface area contributed by atoms with Gasteiger partial charge in [-0.2, -0.15) is 0 Å². The Balaban J connectivity index is 1.35. The number of aromatic nitrogens is 2. The molecule has 2 aliphatic heterocycles. The molecule has 0 saturated carbocycles. The molecule has 1 atom stereocenters. The van der Waals surface area contributed by atoms with Crippen LogP contribution in [0.1, 0.15) is 18.4 Å². The highest BCUT2D eigenvalue weighted by molar-refractivity contribution is 7.88. The minimum Gasteiger partial charge on any atom is -0.339 e. The predicted octanol–water partition coefficient (Wildman–Crippen LogP) is 1.37. The van der Waals surface area contributed by atoms with Gasteiger partial charge in [0.2, 0.25) is 21.9 Å². The molecule has 2 saturated heterocycles. The van der Waals surface area contributed by atoms with Crippen molar-refractivity contribution in [1.82, 2.24) is 19.2 Å². The minimum absolute atomic E-state index is 0.0233. The maximum absolute atomic E-state index is 13.1. The molecule has 0 radical (unpaired) electrons. The highest BCUT2D eigenvalue weighted by Gasteiger charge is 2.35. The number of hydrogen-bond donors (Lipinski definition) is 0. The van der Waals surface area contributed by atoms with Crippen molar-refractivity contribution in [2.75, 3.05) is 44.2 Å². The number of hydrogen-bond acceptors (Lipinski definition) is 6. The van der Waals surface area contributed by atoms with Crippen molar-refractivity contribution in [1.29, 1.82) is 0 Å². The Labute approximate surface area is 177 Å². The number of anilines is 1. The molecule has 8 nitrogen and oxygen atoms in total. The number of rotatable bonds is 5. The fourth-order valence-corrected chi connectivity index (χ4v) is 5.72. The molecule has 2 fully saturated rings. The third-order valence-electron chi connectivity index (χ3n) is 5.74. The second kappa shape index (κ2) is 9.09. The smallest absolute Gasteiger partial charge is 0.227 e. The maximum atomic E-state index is 13.1. The van der Waals surface area contributed by atoms with E-state index in [0.717, 1.165) is 12.0 Å². The molecular formula is C21H27N5O3S. The Morgan fingerprint density at radius 1 is 0.967 bits per heavy atom. The van der Waals surface area contributed by atoms with Gasteiger partial charge in [-0.05, 0) is 24.5 Å². The molecule has 160 valence electrons. The number of sulfonamides is 1. The lowest BCUT2D eigenvalue weighted by Crippen LogP contribution is -2.53. The largest absolute Gasteiger partial charge is 0.339 e. The van der Waals surface area contributed by atoms with E-state index in [0.29, 0.717) is 45.1 Å². The van der Waals surface area contributed by atoms with Crippen molar-refractivity contribution in [3.63, 3.8) is 0 Å². The van der Waals surface area contributed by atoms with E-state index in [2.05, 4.69) is 14.9 Å². The van der Waals surface area contributed by atoms with Crippen LogP contribution >= 0.6 is 0 Å². The van der Waals surface area contributed by atoms with Crippen LogP contribution in [0.5, 0.6) is 0 Å². The molecule has 4 rings (SSSR count). The number of nitrogens with zero attached hydrogens (tertiary/aromatic N) is 5. The summed E-state index contributed by atoms with van der Waals surface area (Å²) in [6.45, 7) is 3.32. The van der Waals surface area contributed by atoms with Crippen LogP contribution in [0.3, 0.4) is 0 Å². The van der Waals surface area contributed by atoms with E-state index in [1.165, 1.54) is 4.31 Å². The second-order valence-electron chi connectivity index (χ2n) is 7.80. The molecule has 2 aromatic rings. The van der Waals surface area contributed by atoms with Gasteiger partial charge in [0, 0.05) is 51.7 Å². The van der Waals surface area contributed by atoms with Crippen LogP contribution in [0.2, 0.25) is 0 Å². The highest BCUT2D eigenvalue weighted by Crippen LogP contribution is 2.24. The molecule has 0 unspecified atom stereocenters. The predicted molar refractivity (Wildman–Crippen MR) is 114 cm³/mol. The maximum Gasteiger partial charge on any atom is 0.227 e. The van der Waals surface area contributed by atoms with E-state index < -0.39 is 10.0 Å². The van der Waals surface area contributed by atoms with Gasteiger partial charge < -0.3 is 9.80 Å². The van der Waals surface area contributed by atoms with Gasteiger partial charge in [-0.1, -0.05) is 30.3 Å². The first kappa shape index (κ1) is 20.7. The van der Waals surface area contributed by atoms with Gasteiger partial charge in [-0.3, -0.25) is 4.79 Å². The van der Waals surface area contributed by atoms with Crippen LogP contribution in [0.15, 0.2) is 48.8 Å². The summed E-state index contributed by atoms with van der Waals surface area (Å²) in [6, 6.07) is 11.0. The van der Waals surface area contributed by atoms with Gasteiger partial charge in [0.05, 0.1) is 11.7 Å². The fraction of sp³-hybridized carbons (Fsp3) is 0.476. The first-order chi connectivity index (χ1) is 14.5. The van der Waals surface area contributed by atoms with Crippen LogP contribution < -0.4 is 4.90 Å². The lowest BCUT2D eigenvalue weighted by molar-refractivity contribution is -0.137. The van der Waals surface area contributed by atoms with Crippen LogP contribution in [-0.4, -0.2) is 72.8 Å². The van der Waals surface area contributed by atoms with Crippen molar-refractivity contribution in [2.45, 2.75) is 18.6 Å². The Morgan fingerprint density at radius 3 is 2.37 bits per heavy atom. The lowest BCUT2D eigenvalue weighted by Gasteiger charge is -2.38.